The molecule has 0 unspecified atom stereocenters. The first-order chi connectivity index (χ1) is 20.1. The quantitative estimate of drug-likeness (QED) is 0.242. The molecule has 0 saturated carbocycles. The van der Waals surface area contributed by atoms with Crippen LogP contribution in [0.3, 0.4) is 0 Å². The Balaban J connectivity index is 1.43. The largest absolute Gasteiger partial charge is 0.494 e. The summed E-state index contributed by atoms with van der Waals surface area (Å²) >= 11 is 0. The fourth-order valence-electron chi connectivity index (χ4n) is 5.75. The van der Waals surface area contributed by atoms with Crippen molar-refractivity contribution in [3.05, 3.63) is 82.9 Å². The summed E-state index contributed by atoms with van der Waals surface area (Å²) < 4.78 is 24.3. The predicted octanol–water partition coefficient (Wildman–Crippen LogP) is 6.56. The van der Waals surface area contributed by atoms with Crippen LogP contribution in [0.5, 0.6) is 0 Å². The zero-order valence-electron chi connectivity index (χ0n) is 26.7. The van der Waals surface area contributed by atoms with Crippen molar-refractivity contribution < 1.29 is 28.4 Å². The van der Waals surface area contributed by atoms with E-state index in [0.29, 0.717) is 5.69 Å². The van der Waals surface area contributed by atoms with E-state index in [1.54, 1.807) is 7.05 Å². The highest BCUT2D eigenvalue weighted by Gasteiger charge is 2.52. The lowest BCUT2D eigenvalue weighted by molar-refractivity contribution is -0.153. The van der Waals surface area contributed by atoms with Crippen molar-refractivity contribution in [1.82, 2.24) is 0 Å². The van der Waals surface area contributed by atoms with Crippen LogP contribution in [0.4, 0.5) is 10.5 Å². The van der Waals surface area contributed by atoms with Crippen molar-refractivity contribution in [1.29, 1.82) is 0 Å². The van der Waals surface area contributed by atoms with Gasteiger partial charge in [-0.15, -0.1) is 0 Å². The van der Waals surface area contributed by atoms with Crippen LogP contribution in [-0.4, -0.2) is 49.6 Å². The lowest BCUT2D eigenvalue weighted by Gasteiger charge is -2.32. The Kier molecular flexibility index (Phi) is 7.99. The van der Waals surface area contributed by atoms with Gasteiger partial charge in [-0.05, 0) is 100 Å². The molecule has 0 bridgehead atoms. The first-order valence-electron chi connectivity index (χ1n) is 14.9. The van der Waals surface area contributed by atoms with Gasteiger partial charge in [-0.25, -0.2) is 4.79 Å². The van der Waals surface area contributed by atoms with E-state index >= 15 is 0 Å². The molecule has 43 heavy (non-hydrogen) atoms. The van der Waals surface area contributed by atoms with E-state index in [9.17, 15) is 9.59 Å². The third-order valence-corrected chi connectivity index (χ3v) is 8.76. The highest BCUT2D eigenvalue weighted by Crippen LogP contribution is 2.44. The Hall–Kier alpha value is -3.62. The van der Waals surface area contributed by atoms with Crippen LogP contribution in [0, 0.1) is 6.92 Å². The molecule has 0 aromatic heterocycles. The SMILES string of the molecule is Cc1c(CC(=O)OC(C)(C)C)cc(B2OC(C)(C)C(C)(C)O2)cc1N(C)C(=O)OCC1c2ccccc2-c2ccccc21. The van der Waals surface area contributed by atoms with Gasteiger partial charge in [0.1, 0.15) is 12.2 Å². The van der Waals surface area contributed by atoms with Gasteiger partial charge in [0, 0.05) is 18.7 Å². The Morgan fingerprint density at radius 2 is 1.44 bits per heavy atom. The summed E-state index contributed by atoms with van der Waals surface area (Å²) in [4.78, 5) is 28.0. The second-order valence-electron chi connectivity index (χ2n) is 13.5. The van der Waals surface area contributed by atoms with Gasteiger partial charge < -0.3 is 18.8 Å². The highest BCUT2D eigenvalue weighted by molar-refractivity contribution is 6.62. The number of carbonyl (C=O) groups is 2. The van der Waals surface area contributed by atoms with Gasteiger partial charge >= 0.3 is 19.2 Å². The van der Waals surface area contributed by atoms with Crippen LogP contribution >= 0.6 is 0 Å². The fraction of sp³-hybridized carbons (Fsp3) is 0.429. The number of benzene rings is 3. The zero-order valence-corrected chi connectivity index (χ0v) is 26.7. The lowest BCUT2D eigenvalue weighted by Crippen LogP contribution is -2.41. The minimum absolute atomic E-state index is 0.0436. The number of hydrogen-bond donors (Lipinski definition) is 0. The van der Waals surface area contributed by atoms with Gasteiger partial charge in [-0.1, -0.05) is 54.6 Å². The van der Waals surface area contributed by atoms with Crippen LogP contribution in [-0.2, 0) is 30.0 Å². The summed E-state index contributed by atoms with van der Waals surface area (Å²) in [6, 6.07) is 20.3. The van der Waals surface area contributed by atoms with Crippen LogP contribution in [0.1, 0.15) is 76.6 Å². The van der Waals surface area contributed by atoms with Crippen LogP contribution < -0.4 is 10.4 Å². The van der Waals surface area contributed by atoms with Crippen molar-refractivity contribution in [2.24, 2.45) is 0 Å². The molecule has 1 fully saturated rings. The Morgan fingerprint density at radius 1 is 0.907 bits per heavy atom. The highest BCUT2D eigenvalue weighted by atomic mass is 16.7. The van der Waals surface area contributed by atoms with E-state index in [1.807, 2.05) is 91.8 Å². The molecule has 2 aliphatic rings. The maximum Gasteiger partial charge on any atom is 0.494 e. The fourth-order valence-corrected chi connectivity index (χ4v) is 5.75. The van der Waals surface area contributed by atoms with Crippen molar-refractivity contribution in [3.8, 4) is 11.1 Å². The summed E-state index contributed by atoms with van der Waals surface area (Å²) in [6.45, 7) is 15.6. The minimum Gasteiger partial charge on any atom is -0.460 e. The molecule has 0 atom stereocenters. The summed E-state index contributed by atoms with van der Waals surface area (Å²) in [5.41, 5.74) is 5.77. The number of ether oxygens (including phenoxy) is 2. The molecule has 1 amide bonds. The summed E-state index contributed by atoms with van der Waals surface area (Å²) in [5, 5.41) is 0. The number of esters is 1. The maximum atomic E-state index is 13.6. The normalized spacial score (nSPS) is 16.9. The van der Waals surface area contributed by atoms with E-state index in [-0.39, 0.29) is 24.9 Å². The summed E-state index contributed by atoms with van der Waals surface area (Å²) in [6.07, 6.45) is -0.443. The van der Waals surface area contributed by atoms with Gasteiger partial charge in [0.2, 0.25) is 0 Å². The van der Waals surface area contributed by atoms with Crippen molar-refractivity contribution in [2.75, 3.05) is 18.6 Å². The zero-order chi connectivity index (χ0) is 31.3. The Bertz CT molecular complexity index is 1490. The first kappa shape index (κ1) is 30.8. The molecule has 1 saturated heterocycles. The predicted molar refractivity (Wildman–Crippen MR) is 170 cm³/mol. The number of hydrogen-bond acceptors (Lipinski definition) is 6. The Morgan fingerprint density at radius 3 is 1.98 bits per heavy atom. The molecular formula is C35H42BNO6. The van der Waals surface area contributed by atoms with E-state index in [4.69, 9.17) is 18.8 Å². The molecule has 0 spiro atoms. The molecule has 5 rings (SSSR count). The summed E-state index contributed by atoms with van der Waals surface area (Å²) in [5.74, 6) is -0.402. The average Bonchev–Trinajstić information content (AvgIpc) is 3.36. The third kappa shape index (κ3) is 6.08. The van der Waals surface area contributed by atoms with Crippen molar-refractivity contribution >= 4 is 30.3 Å². The molecule has 0 radical (unpaired) electrons. The smallest absolute Gasteiger partial charge is 0.460 e. The minimum atomic E-state index is -0.669. The van der Waals surface area contributed by atoms with Gasteiger partial charge in [-0.3, -0.25) is 9.69 Å². The molecule has 7 nitrogen and oxygen atoms in total. The lowest BCUT2D eigenvalue weighted by atomic mass is 9.77. The van der Waals surface area contributed by atoms with Crippen LogP contribution in [0.2, 0.25) is 0 Å². The number of anilines is 1. The number of amides is 1. The van der Waals surface area contributed by atoms with E-state index in [2.05, 4.69) is 24.3 Å². The maximum absolute atomic E-state index is 13.6. The van der Waals surface area contributed by atoms with Gasteiger partial charge in [0.25, 0.3) is 0 Å². The average molecular weight is 584 g/mol. The number of fused-ring (bicyclic) bond motifs is 3. The number of carbonyl (C=O) groups excluding carboxylic acids is 2. The molecule has 1 heterocycles. The van der Waals surface area contributed by atoms with Gasteiger partial charge in [-0.2, -0.15) is 0 Å². The second-order valence-corrected chi connectivity index (χ2v) is 13.5. The van der Waals surface area contributed by atoms with Crippen molar-refractivity contribution in [3.63, 3.8) is 0 Å². The monoisotopic (exact) mass is 583 g/mol. The van der Waals surface area contributed by atoms with Crippen LogP contribution in [0.15, 0.2) is 60.7 Å². The molecule has 3 aromatic carbocycles. The molecule has 8 heteroatoms. The third-order valence-electron chi connectivity index (χ3n) is 8.76. The molecule has 226 valence electrons. The van der Waals surface area contributed by atoms with Gasteiger partial charge in [0.05, 0.1) is 17.6 Å². The number of nitrogens with zero attached hydrogens (tertiary/aromatic N) is 1. The van der Waals surface area contributed by atoms with E-state index in [0.717, 1.165) is 27.7 Å². The van der Waals surface area contributed by atoms with Crippen LogP contribution in [0.25, 0.3) is 11.1 Å². The molecule has 0 N–H and O–H groups in total. The van der Waals surface area contributed by atoms with E-state index in [1.165, 1.54) is 16.0 Å². The van der Waals surface area contributed by atoms with Gasteiger partial charge in [0.15, 0.2) is 0 Å². The molecule has 1 aliphatic carbocycles. The number of rotatable bonds is 6. The van der Waals surface area contributed by atoms with E-state index < -0.39 is 30.0 Å². The molecule has 1 aliphatic heterocycles. The Labute approximate surface area is 255 Å². The summed E-state index contributed by atoms with van der Waals surface area (Å²) in [7, 11) is 1.02. The topological polar surface area (TPSA) is 74.3 Å². The standard InChI is InChI=1S/C35H42BNO6/c1-22-23(19-31(38)41-33(2,3)4)18-24(36-42-34(5,6)35(7,8)43-36)20-30(22)37(9)32(39)40-21-29-27-16-12-10-14-25(27)26-15-11-13-17-28(26)29/h10-18,20,29H,19,21H2,1-9H3. The first-order valence-corrected chi connectivity index (χ1v) is 14.9. The molecule has 3 aromatic rings. The van der Waals surface area contributed by atoms with Crippen molar-refractivity contribution in [2.45, 2.75) is 84.5 Å². The molecular weight excluding hydrogens is 541 g/mol. The second kappa shape index (κ2) is 11.1.